The number of amides is 10. The maximum Gasteiger partial charge on any atom is 0.305 e. The number of nitrogens with two attached hydrogens (primary N) is 1. The van der Waals surface area contributed by atoms with Gasteiger partial charge in [-0.3, -0.25) is 57.5 Å². The molecule has 0 aliphatic heterocycles. The summed E-state index contributed by atoms with van der Waals surface area (Å²) >= 11 is 0. The molecule has 0 aliphatic carbocycles. The zero-order valence-corrected chi connectivity index (χ0v) is 47.3. The summed E-state index contributed by atoms with van der Waals surface area (Å²) in [5.74, 6) is -10.5. The van der Waals surface area contributed by atoms with E-state index in [0.29, 0.717) is 19.3 Å². The number of hydrogen-bond acceptors (Lipinski definition) is 14. The number of carbonyl (C=O) groups excluding carboxylic acids is 10. The van der Waals surface area contributed by atoms with Crippen molar-refractivity contribution in [1.29, 1.82) is 0 Å². The lowest BCUT2D eigenvalue weighted by molar-refractivity contribution is -0.145. The van der Waals surface area contributed by atoms with E-state index in [1.54, 1.807) is 27.7 Å². The van der Waals surface area contributed by atoms with Crippen LogP contribution in [-0.2, 0) is 57.5 Å². The van der Waals surface area contributed by atoms with Crippen molar-refractivity contribution in [2.75, 3.05) is 52.5 Å². The van der Waals surface area contributed by atoms with Crippen LogP contribution in [0.5, 0.6) is 0 Å². The summed E-state index contributed by atoms with van der Waals surface area (Å²) in [5.41, 5.74) is 5.27. The lowest BCUT2D eigenvalue weighted by Crippen LogP contribution is -2.61. The Kier molecular flexibility index (Phi) is 36.8. The molecule has 0 aromatic carbocycles. The summed E-state index contributed by atoms with van der Waals surface area (Å²) < 4.78 is 0. The second-order valence-electron chi connectivity index (χ2n) is 20.4. The average molecular weight is 1120 g/mol. The van der Waals surface area contributed by atoms with Gasteiger partial charge < -0.3 is 72.8 Å². The monoisotopic (exact) mass is 1120 g/mol. The highest BCUT2D eigenvalue weighted by Crippen LogP contribution is 2.13. The van der Waals surface area contributed by atoms with E-state index in [0.717, 1.165) is 67.6 Å². The van der Waals surface area contributed by atoms with Gasteiger partial charge in [-0.15, -0.1) is 6.42 Å². The van der Waals surface area contributed by atoms with Gasteiger partial charge in [0.25, 0.3) is 0 Å². The molecule has 0 spiro atoms. The van der Waals surface area contributed by atoms with Gasteiger partial charge in [0.05, 0.1) is 45.7 Å². The van der Waals surface area contributed by atoms with Crippen LogP contribution in [-0.4, -0.2) is 195 Å². The first kappa shape index (κ1) is 72.1. The number of hydrogen-bond donors (Lipinski definition) is 11. The number of carbonyl (C=O) groups is 12. The Balaban J connectivity index is 6.47. The molecule has 79 heavy (non-hydrogen) atoms. The van der Waals surface area contributed by atoms with E-state index >= 15 is 0 Å². The second-order valence-corrected chi connectivity index (χ2v) is 20.4. The zero-order chi connectivity index (χ0) is 60.2. The van der Waals surface area contributed by atoms with Crippen LogP contribution in [0.3, 0.4) is 0 Å². The van der Waals surface area contributed by atoms with E-state index in [1.165, 1.54) is 11.8 Å². The van der Waals surface area contributed by atoms with Gasteiger partial charge in [-0.25, -0.2) is 0 Å². The number of carboxylic acid groups (broad SMARTS) is 2. The maximum atomic E-state index is 14.1. The van der Waals surface area contributed by atoms with E-state index in [4.69, 9.17) is 12.2 Å². The molecule has 6 atom stereocenters. The number of terminal acetylenes is 1. The van der Waals surface area contributed by atoms with Crippen molar-refractivity contribution in [2.24, 2.45) is 17.6 Å². The molecule has 0 aromatic rings. The molecule has 0 rings (SSSR count). The Bertz CT molecular complexity index is 2050. The second kappa shape index (κ2) is 40.3. The molecule has 0 fully saturated rings. The predicted molar refractivity (Wildman–Crippen MR) is 289 cm³/mol. The van der Waals surface area contributed by atoms with Gasteiger partial charge in [-0.05, 0) is 37.5 Å². The first-order valence-electron chi connectivity index (χ1n) is 27.2. The normalized spacial score (nSPS) is 13.2. The van der Waals surface area contributed by atoms with Crippen molar-refractivity contribution < 1.29 is 78.0 Å². The average Bonchev–Trinajstić information content (AvgIpc) is 3.36. The minimum atomic E-state index is -1.83. The van der Waals surface area contributed by atoms with Gasteiger partial charge in [0.2, 0.25) is 59.1 Å². The third kappa shape index (κ3) is 31.3. The van der Waals surface area contributed by atoms with Crippen molar-refractivity contribution in [3.8, 4) is 12.3 Å². The van der Waals surface area contributed by atoms with Crippen molar-refractivity contribution in [2.45, 2.75) is 187 Å². The van der Waals surface area contributed by atoms with E-state index in [9.17, 15) is 78.0 Å². The van der Waals surface area contributed by atoms with Gasteiger partial charge in [-0.2, -0.15) is 0 Å². The first-order chi connectivity index (χ1) is 37.2. The molecule has 448 valence electrons. The molecule has 0 heterocycles. The summed E-state index contributed by atoms with van der Waals surface area (Å²) in [6, 6.07) is -9.82. The highest BCUT2D eigenvalue weighted by molar-refractivity contribution is 5.98. The van der Waals surface area contributed by atoms with E-state index in [2.05, 4.69) is 44.7 Å². The van der Waals surface area contributed by atoms with Crippen LogP contribution in [0.1, 0.15) is 151 Å². The Labute approximate surface area is 464 Å². The fourth-order valence-corrected chi connectivity index (χ4v) is 8.08. The number of nitrogens with zero attached hydrogens (tertiary/aromatic N) is 3. The first-order valence-corrected chi connectivity index (χ1v) is 27.2. The summed E-state index contributed by atoms with van der Waals surface area (Å²) in [7, 11) is 0. The summed E-state index contributed by atoms with van der Waals surface area (Å²) in [6.07, 6.45) is 13.1. The van der Waals surface area contributed by atoms with Crippen molar-refractivity contribution in [3.63, 3.8) is 0 Å². The number of nitrogens with one attached hydrogen (secondary N) is 6. The molecule has 0 unspecified atom stereocenters. The molecule has 10 amide bonds. The van der Waals surface area contributed by atoms with Crippen molar-refractivity contribution in [3.05, 3.63) is 0 Å². The minimum absolute atomic E-state index is 0.0583. The fourth-order valence-electron chi connectivity index (χ4n) is 8.08. The third-order valence-electron chi connectivity index (χ3n) is 12.3. The van der Waals surface area contributed by atoms with Crippen LogP contribution in [0.4, 0.5) is 0 Å². The molecule has 0 saturated heterocycles. The predicted octanol–water partition coefficient (Wildman–Crippen LogP) is -0.733. The van der Waals surface area contributed by atoms with E-state index in [-0.39, 0.29) is 44.3 Å². The fraction of sp³-hybridized carbons (Fsp3) is 0.736. The number of carboxylic acids is 2. The number of primary amides is 1. The smallest absolute Gasteiger partial charge is 0.305 e. The number of rotatable bonds is 43. The van der Waals surface area contributed by atoms with Gasteiger partial charge in [0, 0.05) is 20.0 Å². The number of unbranched alkanes of at least 4 members (excludes halogenated alkanes) is 10. The summed E-state index contributed by atoms with van der Waals surface area (Å²) in [4.78, 5) is 160. The molecule has 0 aliphatic rings. The quantitative estimate of drug-likeness (QED) is 0.0265. The van der Waals surface area contributed by atoms with Crippen LogP contribution in [0.2, 0.25) is 0 Å². The van der Waals surface area contributed by atoms with Crippen LogP contribution >= 0.6 is 0 Å². The molecule has 0 aromatic heterocycles. The Morgan fingerprint density at radius 3 is 1.27 bits per heavy atom. The maximum absolute atomic E-state index is 14.1. The molecular weight excluding hydrogens is 1030 g/mol. The van der Waals surface area contributed by atoms with Gasteiger partial charge in [0.15, 0.2) is 0 Å². The molecule has 26 heteroatoms. The van der Waals surface area contributed by atoms with E-state index in [1.807, 2.05) is 6.92 Å². The third-order valence-corrected chi connectivity index (χ3v) is 12.3. The molecule has 0 bridgehead atoms. The molecule has 0 radical (unpaired) electrons. The van der Waals surface area contributed by atoms with Crippen LogP contribution < -0.4 is 37.6 Å². The molecule has 0 saturated carbocycles. The Hall–Kier alpha value is -6.88. The molecule has 12 N–H and O–H groups in total. The lowest BCUT2D eigenvalue weighted by Gasteiger charge is -2.30. The van der Waals surface area contributed by atoms with Gasteiger partial charge in [-0.1, -0.05) is 112 Å². The van der Waals surface area contributed by atoms with Gasteiger partial charge >= 0.3 is 11.9 Å². The molecular formula is C53H90N10O16. The highest BCUT2D eigenvalue weighted by atomic mass is 16.4. The van der Waals surface area contributed by atoms with E-state index < -0.39 is 153 Å². The van der Waals surface area contributed by atoms with Crippen LogP contribution in [0.25, 0.3) is 0 Å². The zero-order valence-electron chi connectivity index (χ0n) is 47.3. The number of aliphatic carboxylic acids is 2. The number of aliphatic hydroxyl groups excluding tert-OH is 2. The Morgan fingerprint density at radius 2 is 0.861 bits per heavy atom. The number of aliphatic hydroxyl groups is 2. The SMILES string of the molecule is C#CCN(CC(=O)N(CCCCCCCC)CC(=O)N[C@@H](CO)C(=O)N[C@@H](CC(C)C)C(=O)N[C@@H](CO)C(=O)N[C@@H](CC(C)C)C(=O)N[C@@H](CC(=O)O)C(=O)N(CCCCCCCC)CC(=O)N[C@@H](CC(=O)O)C(N)=O)C(C)=O. The van der Waals surface area contributed by atoms with Crippen molar-refractivity contribution >= 4 is 71.0 Å². The van der Waals surface area contributed by atoms with Crippen molar-refractivity contribution in [1.82, 2.24) is 46.6 Å². The topological polar surface area (TPSA) is 394 Å². The lowest BCUT2D eigenvalue weighted by atomic mass is 10.0. The highest BCUT2D eigenvalue weighted by Gasteiger charge is 2.36. The summed E-state index contributed by atoms with van der Waals surface area (Å²) in [6.45, 7) is 8.28. The minimum Gasteiger partial charge on any atom is -0.481 e. The summed E-state index contributed by atoms with van der Waals surface area (Å²) in [5, 5.41) is 53.8. The largest absolute Gasteiger partial charge is 0.481 e. The van der Waals surface area contributed by atoms with Crippen LogP contribution in [0.15, 0.2) is 0 Å². The van der Waals surface area contributed by atoms with Gasteiger partial charge in [0.1, 0.15) is 42.8 Å². The van der Waals surface area contributed by atoms with Crippen LogP contribution in [0, 0.1) is 24.2 Å². The standard InChI is InChI=1S/C53H90N10O16/c1-9-12-14-16-18-20-23-62(45(69)31-61(22-11-3)36(8)66)29-43(67)56-41(32-64)51(77)57-39(26-35(6)7)50(76)60-42(33-65)52(78)58-38(25-34(4)5)49(75)59-40(28-47(72)73)53(79)63(24-21-19-17-15-13-10-2)30-44(68)55-37(48(54)74)27-46(70)71/h3,34-35,37-42,64-65H,9-10,12-33H2,1-2,4-8H3,(H2,54,74)(H,55,68)(H,56,67)(H,57,77)(H,58,78)(H,59,75)(H,60,76)(H,70,71)(H,72,73)/t37-,38-,39-,40-,41-,42-/m0/s1. The molecule has 26 nitrogen and oxygen atoms in total. The Morgan fingerprint density at radius 1 is 0.494 bits per heavy atom.